The summed E-state index contributed by atoms with van der Waals surface area (Å²) in [6.07, 6.45) is 5.83. The third-order valence-electron chi connectivity index (χ3n) is 3.56. The molecule has 27 heavy (non-hydrogen) atoms. The Morgan fingerprint density at radius 1 is 1.22 bits per heavy atom. The number of nitrogens with one attached hydrogen (secondary N) is 1. The van der Waals surface area contributed by atoms with Gasteiger partial charge in [0, 0.05) is 5.56 Å². The summed E-state index contributed by atoms with van der Waals surface area (Å²) in [6.45, 7) is 2.82. The number of ether oxygens (including phenoxy) is 1. The Kier molecular flexibility index (Phi) is 9.06. The van der Waals surface area contributed by atoms with Crippen molar-refractivity contribution in [3.05, 3.63) is 29.8 Å². The maximum absolute atomic E-state index is 12.4. The SMILES string of the molecule is CCCCCCCOc1cccc(C(=O)Nc2nnc(SCC(=O)O)s2)c1. The number of amides is 1. The van der Waals surface area contributed by atoms with Crippen LogP contribution in [-0.2, 0) is 4.79 Å². The number of rotatable bonds is 12. The summed E-state index contributed by atoms with van der Waals surface area (Å²) in [5.41, 5.74) is 0.466. The van der Waals surface area contributed by atoms with Gasteiger partial charge in [-0.1, -0.05) is 61.8 Å². The first-order valence-electron chi connectivity index (χ1n) is 8.80. The molecule has 2 rings (SSSR count). The van der Waals surface area contributed by atoms with E-state index in [0.29, 0.717) is 27.4 Å². The molecule has 0 aliphatic heterocycles. The summed E-state index contributed by atoms with van der Waals surface area (Å²) in [5.74, 6) is -0.675. The zero-order chi connectivity index (χ0) is 19.5. The Hall–Kier alpha value is -2.13. The van der Waals surface area contributed by atoms with Gasteiger partial charge in [0.2, 0.25) is 5.13 Å². The number of hydrogen-bond donors (Lipinski definition) is 2. The molecule has 0 atom stereocenters. The van der Waals surface area contributed by atoms with Gasteiger partial charge in [0.1, 0.15) is 5.75 Å². The van der Waals surface area contributed by atoms with Crippen molar-refractivity contribution in [2.75, 3.05) is 17.7 Å². The maximum atomic E-state index is 12.4. The Morgan fingerprint density at radius 2 is 2.04 bits per heavy atom. The monoisotopic (exact) mass is 409 g/mol. The van der Waals surface area contributed by atoms with Gasteiger partial charge in [0.15, 0.2) is 4.34 Å². The molecule has 9 heteroatoms. The van der Waals surface area contributed by atoms with Gasteiger partial charge in [-0.3, -0.25) is 14.9 Å². The Labute approximate surface area is 166 Å². The van der Waals surface area contributed by atoms with Crippen molar-refractivity contribution >= 4 is 40.1 Å². The third-order valence-corrected chi connectivity index (χ3v) is 5.52. The molecule has 0 saturated heterocycles. The van der Waals surface area contributed by atoms with Crippen LogP contribution in [0.3, 0.4) is 0 Å². The largest absolute Gasteiger partial charge is 0.494 e. The van der Waals surface area contributed by atoms with E-state index in [4.69, 9.17) is 9.84 Å². The van der Waals surface area contributed by atoms with Crippen LogP contribution in [0.2, 0.25) is 0 Å². The van der Waals surface area contributed by atoms with Gasteiger partial charge in [0.25, 0.3) is 5.91 Å². The van der Waals surface area contributed by atoms with Crippen LogP contribution >= 0.6 is 23.1 Å². The number of carboxylic acid groups (broad SMARTS) is 1. The van der Waals surface area contributed by atoms with Gasteiger partial charge in [0.05, 0.1) is 12.4 Å². The lowest BCUT2D eigenvalue weighted by molar-refractivity contribution is -0.133. The Balaban J connectivity index is 1.83. The minimum absolute atomic E-state index is 0.0968. The minimum atomic E-state index is -0.928. The van der Waals surface area contributed by atoms with Gasteiger partial charge in [-0.2, -0.15) is 0 Å². The second kappa shape index (κ2) is 11.6. The number of hydrogen-bond acceptors (Lipinski definition) is 7. The second-order valence-electron chi connectivity index (χ2n) is 5.80. The predicted octanol–water partition coefficient (Wildman–Crippen LogP) is 4.32. The summed E-state index contributed by atoms with van der Waals surface area (Å²) in [7, 11) is 0. The highest BCUT2D eigenvalue weighted by Crippen LogP contribution is 2.25. The molecule has 0 bridgehead atoms. The molecule has 2 aromatic rings. The van der Waals surface area contributed by atoms with Gasteiger partial charge in [-0.25, -0.2) is 0 Å². The maximum Gasteiger partial charge on any atom is 0.313 e. The molecule has 1 aromatic carbocycles. The van der Waals surface area contributed by atoms with E-state index < -0.39 is 5.97 Å². The van der Waals surface area contributed by atoms with Gasteiger partial charge in [-0.05, 0) is 24.6 Å². The Bertz CT molecular complexity index is 752. The normalized spacial score (nSPS) is 10.6. The number of carbonyl (C=O) groups is 2. The summed E-state index contributed by atoms with van der Waals surface area (Å²) >= 11 is 2.20. The highest BCUT2D eigenvalue weighted by molar-refractivity contribution is 8.01. The number of unbranched alkanes of at least 4 members (excludes halogenated alkanes) is 4. The highest BCUT2D eigenvalue weighted by atomic mass is 32.2. The molecule has 0 fully saturated rings. The average Bonchev–Trinajstić information content (AvgIpc) is 3.10. The number of carboxylic acids is 1. The fourth-order valence-electron chi connectivity index (χ4n) is 2.23. The molecule has 7 nitrogen and oxygen atoms in total. The molecule has 2 N–H and O–H groups in total. The predicted molar refractivity (Wildman–Crippen MR) is 107 cm³/mol. The fourth-order valence-corrected chi connectivity index (χ4v) is 3.70. The first kappa shape index (κ1) is 21.2. The average molecular weight is 410 g/mol. The number of aromatic nitrogens is 2. The summed E-state index contributed by atoms with van der Waals surface area (Å²) < 4.78 is 6.21. The fraction of sp³-hybridized carbons (Fsp3) is 0.444. The molecule has 0 aliphatic rings. The molecule has 1 aromatic heterocycles. The van der Waals surface area contributed by atoms with E-state index in [9.17, 15) is 9.59 Å². The van der Waals surface area contributed by atoms with Crippen LogP contribution in [0.5, 0.6) is 5.75 Å². The van der Waals surface area contributed by atoms with Crippen LogP contribution in [0.4, 0.5) is 5.13 Å². The quantitative estimate of drug-likeness (QED) is 0.306. The first-order valence-corrected chi connectivity index (χ1v) is 10.6. The van der Waals surface area contributed by atoms with E-state index in [1.807, 2.05) is 6.07 Å². The molecule has 0 aliphatic carbocycles. The van der Waals surface area contributed by atoms with Crippen molar-refractivity contribution in [3.8, 4) is 5.75 Å². The second-order valence-corrected chi connectivity index (χ2v) is 8.00. The number of nitrogens with zero attached hydrogens (tertiary/aromatic N) is 2. The van der Waals surface area contributed by atoms with Crippen LogP contribution in [0, 0.1) is 0 Å². The lowest BCUT2D eigenvalue weighted by atomic mass is 10.2. The minimum Gasteiger partial charge on any atom is -0.494 e. The molecule has 0 spiro atoms. The highest BCUT2D eigenvalue weighted by Gasteiger charge is 2.12. The van der Waals surface area contributed by atoms with Crippen molar-refractivity contribution in [3.63, 3.8) is 0 Å². The molecule has 0 saturated carbocycles. The van der Waals surface area contributed by atoms with Crippen LogP contribution in [-0.4, -0.2) is 39.5 Å². The molecule has 0 radical (unpaired) electrons. The standard InChI is InChI=1S/C18H23N3O4S2/c1-2-3-4-5-6-10-25-14-9-7-8-13(11-14)16(24)19-17-20-21-18(27-17)26-12-15(22)23/h7-9,11H,2-6,10,12H2,1H3,(H,22,23)(H,19,20,24). The molecule has 146 valence electrons. The Morgan fingerprint density at radius 3 is 2.81 bits per heavy atom. The van der Waals surface area contributed by atoms with Gasteiger partial charge < -0.3 is 9.84 Å². The molecule has 1 heterocycles. The van der Waals surface area contributed by atoms with Crippen LogP contribution in [0.15, 0.2) is 28.6 Å². The first-order chi connectivity index (χ1) is 13.1. The third kappa shape index (κ3) is 7.96. The molecular formula is C18H23N3O4S2. The number of benzene rings is 1. The topological polar surface area (TPSA) is 101 Å². The molecule has 0 unspecified atom stereocenters. The van der Waals surface area contributed by atoms with Crippen molar-refractivity contribution < 1.29 is 19.4 Å². The van der Waals surface area contributed by atoms with E-state index >= 15 is 0 Å². The van der Waals surface area contributed by atoms with Gasteiger partial charge >= 0.3 is 5.97 Å². The van der Waals surface area contributed by atoms with E-state index in [0.717, 1.165) is 35.9 Å². The van der Waals surface area contributed by atoms with E-state index in [1.165, 1.54) is 19.3 Å². The van der Waals surface area contributed by atoms with Crippen LogP contribution < -0.4 is 10.1 Å². The van der Waals surface area contributed by atoms with E-state index in [2.05, 4.69) is 22.4 Å². The van der Waals surface area contributed by atoms with Gasteiger partial charge in [-0.15, -0.1) is 10.2 Å². The van der Waals surface area contributed by atoms with Crippen molar-refractivity contribution in [2.24, 2.45) is 0 Å². The number of aliphatic carboxylic acids is 1. The molecular weight excluding hydrogens is 386 g/mol. The van der Waals surface area contributed by atoms with Crippen molar-refractivity contribution in [1.29, 1.82) is 0 Å². The van der Waals surface area contributed by atoms with Crippen LogP contribution in [0.25, 0.3) is 0 Å². The van der Waals surface area contributed by atoms with E-state index in [-0.39, 0.29) is 11.7 Å². The van der Waals surface area contributed by atoms with E-state index in [1.54, 1.807) is 18.2 Å². The number of anilines is 1. The molecule has 1 amide bonds. The zero-order valence-corrected chi connectivity index (χ0v) is 16.8. The van der Waals surface area contributed by atoms with Crippen molar-refractivity contribution in [1.82, 2.24) is 10.2 Å². The summed E-state index contributed by atoms with van der Waals surface area (Å²) in [6, 6.07) is 7.00. The number of carbonyl (C=O) groups excluding carboxylic acids is 1. The zero-order valence-electron chi connectivity index (χ0n) is 15.1. The smallest absolute Gasteiger partial charge is 0.313 e. The van der Waals surface area contributed by atoms with Crippen molar-refractivity contribution in [2.45, 2.75) is 43.4 Å². The summed E-state index contributed by atoms with van der Waals surface area (Å²) in [5, 5.41) is 19.4. The van der Waals surface area contributed by atoms with Crippen LogP contribution in [0.1, 0.15) is 49.4 Å². The lowest BCUT2D eigenvalue weighted by Crippen LogP contribution is -2.11. The summed E-state index contributed by atoms with van der Waals surface area (Å²) in [4.78, 5) is 22.9. The lowest BCUT2D eigenvalue weighted by Gasteiger charge is -2.08. The number of thioether (sulfide) groups is 1.